The third-order valence-electron chi connectivity index (χ3n) is 2.27. The Morgan fingerprint density at radius 1 is 1.20 bits per heavy atom. The average molecular weight is 269 g/mol. The summed E-state index contributed by atoms with van der Waals surface area (Å²) in [6, 6.07) is 10.7. The Morgan fingerprint density at radius 3 is 2.33 bits per heavy atom. The van der Waals surface area contributed by atoms with Gasteiger partial charge >= 0.3 is 0 Å². The van der Waals surface area contributed by atoms with Crippen LogP contribution < -0.4 is 0 Å². The maximum absolute atomic E-state index is 3.65. The molecule has 0 bridgehead atoms. The van der Waals surface area contributed by atoms with Gasteiger partial charge in [-0.05, 0) is 31.2 Å². The molecule has 15 heavy (non-hydrogen) atoms. The van der Waals surface area contributed by atoms with E-state index in [2.05, 4.69) is 66.3 Å². The van der Waals surface area contributed by atoms with Crippen molar-refractivity contribution < 1.29 is 0 Å². The van der Waals surface area contributed by atoms with E-state index in [9.17, 15) is 0 Å². The van der Waals surface area contributed by atoms with Crippen LogP contribution in [0.2, 0.25) is 0 Å². The van der Waals surface area contributed by atoms with Crippen molar-refractivity contribution in [2.24, 2.45) is 0 Å². The molecule has 1 unspecified atom stereocenters. The fourth-order valence-electron chi connectivity index (χ4n) is 1.38. The number of hydrogen-bond acceptors (Lipinski definition) is 0. The van der Waals surface area contributed by atoms with Crippen molar-refractivity contribution in [3.8, 4) is 0 Å². The molecule has 0 aliphatic carbocycles. The molecule has 1 atom stereocenters. The quantitative estimate of drug-likeness (QED) is 0.522. The van der Waals surface area contributed by atoms with Gasteiger partial charge in [0.05, 0.1) is 0 Å². The topological polar surface area (TPSA) is 0 Å². The highest BCUT2D eigenvalue weighted by atomic mass is 79.9. The molecule has 0 aliphatic heterocycles. The van der Waals surface area contributed by atoms with E-state index in [1.54, 1.807) is 0 Å². The van der Waals surface area contributed by atoms with Gasteiger partial charge in [0.2, 0.25) is 0 Å². The minimum atomic E-state index is 0.705. The van der Waals surface area contributed by atoms with Crippen LogP contribution in [0.4, 0.5) is 0 Å². The van der Waals surface area contributed by atoms with Crippen LogP contribution in [0, 0.1) is 0 Å². The van der Waals surface area contributed by atoms with E-state index < -0.39 is 0 Å². The van der Waals surface area contributed by atoms with E-state index in [0.29, 0.717) is 4.83 Å². The van der Waals surface area contributed by atoms with Gasteiger partial charge in [0, 0.05) is 4.83 Å². The van der Waals surface area contributed by atoms with Crippen LogP contribution in [0.25, 0.3) is 0 Å². The van der Waals surface area contributed by atoms with Gasteiger partial charge in [-0.3, -0.25) is 0 Å². The Labute approximate surface area is 103 Å². The number of halogens is 1. The van der Waals surface area contributed by atoms with Gasteiger partial charge in [-0.15, -0.1) is 13.2 Å². The molecule has 84 valence electrons. The van der Waals surface area contributed by atoms with Gasteiger partial charge < -0.3 is 0 Å². The molecule has 0 saturated carbocycles. The van der Waals surface area contributed by atoms with Gasteiger partial charge in [-0.2, -0.15) is 0 Å². The SMILES string of the molecule is C=C.CCC(Br)CCCc1ccccc1. The summed E-state index contributed by atoms with van der Waals surface area (Å²) in [5, 5.41) is 0. The summed E-state index contributed by atoms with van der Waals surface area (Å²) in [6.45, 7) is 8.22. The first-order valence-electron chi connectivity index (χ1n) is 5.51. The van der Waals surface area contributed by atoms with Crippen LogP contribution in [0.5, 0.6) is 0 Å². The molecule has 1 heteroatoms. The molecule has 0 radical (unpaired) electrons. The van der Waals surface area contributed by atoms with E-state index in [4.69, 9.17) is 0 Å². The van der Waals surface area contributed by atoms with Crippen molar-refractivity contribution >= 4 is 15.9 Å². The lowest BCUT2D eigenvalue weighted by Gasteiger charge is -2.05. The molecule has 0 aliphatic rings. The molecule has 0 N–H and O–H groups in total. The van der Waals surface area contributed by atoms with Crippen LogP contribution in [0.1, 0.15) is 31.7 Å². The Kier molecular flexibility index (Phi) is 9.60. The molecule has 0 amide bonds. The summed E-state index contributed by atoms with van der Waals surface area (Å²) in [7, 11) is 0. The molecule has 0 aromatic heterocycles. The van der Waals surface area contributed by atoms with Gasteiger partial charge in [-0.1, -0.05) is 53.2 Å². The van der Waals surface area contributed by atoms with E-state index in [0.717, 1.165) is 0 Å². The molecule has 1 aromatic rings. The van der Waals surface area contributed by atoms with Gasteiger partial charge in [0.1, 0.15) is 0 Å². The lowest BCUT2D eigenvalue weighted by atomic mass is 10.1. The van der Waals surface area contributed by atoms with Gasteiger partial charge in [-0.25, -0.2) is 0 Å². The highest BCUT2D eigenvalue weighted by Gasteiger charge is 1.99. The number of hydrogen-bond donors (Lipinski definition) is 0. The summed E-state index contributed by atoms with van der Waals surface area (Å²) < 4.78 is 0. The van der Waals surface area contributed by atoms with Gasteiger partial charge in [0.25, 0.3) is 0 Å². The second-order valence-electron chi connectivity index (χ2n) is 3.38. The fourth-order valence-corrected chi connectivity index (χ4v) is 1.70. The number of rotatable bonds is 5. The molecule has 0 heterocycles. The van der Waals surface area contributed by atoms with Crippen LogP contribution in [0.3, 0.4) is 0 Å². The largest absolute Gasteiger partial charge is 0.106 e. The van der Waals surface area contributed by atoms with Crippen LogP contribution in [-0.4, -0.2) is 4.83 Å². The lowest BCUT2D eigenvalue weighted by Crippen LogP contribution is -1.96. The molecular formula is C14H21Br. The summed E-state index contributed by atoms with van der Waals surface area (Å²) >= 11 is 3.65. The highest BCUT2D eigenvalue weighted by molar-refractivity contribution is 9.09. The predicted molar refractivity (Wildman–Crippen MR) is 73.6 cm³/mol. The first-order chi connectivity index (χ1) is 7.33. The standard InChI is InChI=1S/C12H17Br.C2H4/c1-2-12(13)10-6-9-11-7-4-3-5-8-11;1-2/h3-5,7-8,12H,2,6,9-10H2,1H3;1-2H2. The Morgan fingerprint density at radius 2 is 1.80 bits per heavy atom. The molecule has 1 aromatic carbocycles. The van der Waals surface area contributed by atoms with E-state index >= 15 is 0 Å². The van der Waals surface area contributed by atoms with Crippen molar-refractivity contribution in [2.75, 3.05) is 0 Å². The second-order valence-corrected chi connectivity index (χ2v) is 4.68. The first kappa shape index (κ1) is 14.4. The number of aryl methyl sites for hydroxylation is 1. The zero-order chi connectivity index (χ0) is 11.5. The molecule has 0 saturated heterocycles. The zero-order valence-electron chi connectivity index (χ0n) is 9.58. The Hall–Kier alpha value is -0.560. The second kappa shape index (κ2) is 9.97. The number of alkyl halides is 1. The average Bonchev–Trinajstić information content (AvgIpc) is 2.33. The fraction of sp³-hybridized carbons (Fsp3) is 0.429. The maximum atomic E-state index is 3.65. The summed E-state index contributed by atoms with van der Waals surface area (Å²) in [5.74, 6) is 0. The molecule has 0 nitrogen and oxygen atoms in total. The van der Waals surface area contributed by atoms with Crippen LogP contribution in [0.15, 0.2) is 43.5 Å². The summed E-state index contributed by atoms with van der Waals surface area (Å²) in [6.07, 6.45) is 5.01. The monoisotopic (exact) mass is 268 g/mol. The van der Waals surface area contributed by atoms with E-state index in [1.807, 2.05) is 0 Å². The van der Waals surface area contributed by atoms with E-state index in [1.165, 1.54) is 31.2 Å². The van der Waals surface area contributed by atoms with E-state index in [-0.39, 0.29) is 0 Å². The Bertz CT molecular complexity index is 230. The summed E-state index contributed by atoms with van der Waals surface area (Å²) in [5.41, 5.74) is 1.46. The Balaban J connectivity index is 0.000000921. The minimum absolute atomic E-state index is 0.705. The van der Waals surface area contributed by atoms with Gasteiger partial charge in [0.15, 0.2) is 0 Å². The molecule has 0 fully saturated rings. The van der Waals surface area contributed by atoms with Crippen molar-refractivity contribution in [3.63, 3.8) is 0 Å². The first-order valence-corrected chi connectivity index (χ1v) is 6.42. The maximum Gasteiger partial charge on any atom is 0.0143 e. The third-order valence-corrected chi connectivity index (χ3v) is 3.37. The molecule has 0 spiro atoms. The third kappa shape index (κ3) is 7.38. The molecular weight excluding hydrogens is 248 g/mol. The van der Waals surface area contributed by atoms with Crippen molar-refractivity contribution in [2.45, 2.75) is 37.4 Å². The highest BCUT2D eigenvalue weighted by Crippen LogP contribution is 2.14. The van der Waals surface area contributed by atoms with Crippen molar-refractivity contribution in [3.05, 3.63) is 49.1 Å². The normalized spacial score (nSPS) is 11.3. The van der Waals surface area contributed by atoms with Crippen molar-refractivity contribution in [1.82, 2.24) is 0 Å². The zero-order valence-corrected chi connectivity index (χ0v) is 11.2. The van der Waals surface area contributed by atoms with Crippen LogP contribution >= 0.6 is 15.9 Å². The molecule has 1 rings (SSSR count). The smallest absolute Gasteiger partial charge is 0.0143 e. The lowest BCUT2D eigenvalue weighted by molar-refractivity contribution is 0.690. The number of benzene rings is 1. The van der Waals surface area contributed by atoms with Crippen molar-refractivity contribution in [1.29, 1.82) is 0 Å². The summed E-state index contributed by atoms with van der Waals surface area (Å²) in [4.78, 5) is 0.705. The predicted octanol–water partition coefficient (Wildman–Crippen LogP) is 4.99. The van der Waals surface area contributed by atoms with Crippen LogP contribution in [-0.2, 0) is 6.42 Å². The minimum Gasteiger partial charge on any atom is -0.106 e.